The average molecular weight is 337 g/mol. The molecule has 23 heavy (non-hydrogen) atoms. The predicted molar refractivity (Wildman–Crippen MR) is 90.8 cm³/mol. The maximum atomic E-state index is 11.9. The highest BCUT2D eigenvalue weighted by Crippen LogP contribution is 2.30. The number of aromatic nitrogens is 1. The minimum Gasteiger partial charge on any atom is -0.471 e. The van der Waals surface area contributed by atoms with Crippen LogP contribution in [0.3, 0.4) is 0 Å². The molecule has 0 bridgehead atoms. The fraction of sp³-hybridized carbons (Fsp3) is 0.562. The second-order valence-electron chi connectivity index (χ2n) is 6.30. The molecule has 126 valence electrons. The lowest BCUT2D eigenvalue weighted by Gasteiger charge is -2.21. The Labute approximate surface area is 141 Å². The van der Waals surface area contributed by atoms with Crippen molar-refractivity contribution in [3.05, 3.63) is 12.3 Å². The van der Waals surface area contributed by atoms with Gasteiger partial charge in [0, 0.05) is 0 Å². The molecule has 1 N–H and O–H groups in total. The van der Waals surface area contributed by atoms with Crippen molar-refractivity contribution in [2.24, 2.45) is 0 Å². The van der Waals surface area contributed by atoms with E-state index in [0.29, 0.717) is 11.6 Å². The van der Waals surface area contributed by atoms with E-state index in [1.54, 1.807) is 40.7 Å². The Bertz CT molecular complexity index is 604. The zero-order valence-corrected chi connectivity index (χ0v) is 15.2. The molecule has 1 amide bonds. The van der Waals surface area contributed by atoms with Crippen molar-refractivity contribution in [2.75, 3.05) is 11.1 Å². The lowest BCUT2D eigenvalue weighted by atomic mass is 10.2. The van der Waals surface area contributed by atoms with Crippen molar-refractivity contribution < 1.29 is 14.3 Å². The number of hydrogen-bond donors (Lipinski definition) is 1. The van der Waals surface area contributed by atoms with Gasteiger partial charge in [0.1, 0.15) is 23.2 Å². The van der Waals surface area contributed by atoms with E-state index >= 15 is 0 Å². The Morgan fingerprint density at radius 1 is 1.39 bits per heavy atom. The molecule has 1 rings (SSSR count). The zero-order valence-electron chi connectivity index (χ0n) is 14.4. The van der Waals surface area contributed by atoms with Crippen LogP contribution in [-0.2, 0) is 4.74 Å². The van der Waals surface area contributed by atoms with Gasteiger partial charge in [0.15, 0.2) is 5.60 Å². The second-order valence-corrected chi connectivity index (χ2v) is 7.61. The van der Waals surface area contributed by atoms with E-state index in [2.05, 4.69) is 16.4 Å². The highest BCUT2D eigenvalue weighted by atomic mass is 32.2. The Hall–Kier alpha value is -1.94. The van der Waals surface area contributed by atoms with Gasteiger partial charge in [-0.2, -0.15) is 5.26 Å². The number of carbonyl (C=O) groups is 1. The SMILES string of the molecule is CCSc1cc(OC(C)(C)C#N)cnc1NC(=O)OC(C)(C)C. The minimum atomic E-state index is -0.948. The molecule has 1 heterocycles. The Balaban J connectivity index is 2.96. The molecule has 7 heteroatoms. The van der Waals surface area contributed by atoms with Crippen LogP contribution in [0, 0.1) is 11.3 Å². The van der Waals surface area contributed by atoms with E-state index in [-0.39, 0.29) is 0 Å². The zero-order chi connectivity index (χ0) is 17.7. The van der Waals surface area contributed by atoms with Crippen LogP contribution in [-0.4, -0.2) is 28.0 Å². The first-order valence-corrected chi connectivity index (χ1v) is 8.28. The third-order valence-corrected chi connectivity index (χ3v) is 3.30. The van der Waals surface area contributed by atoms with Gasteiger partial charge in [-0.3, -0.25) is 5.32 Å². The van der Waals surface area contributed by atoms with E-state index in [1.165, 1.54) is 18.0 Å². The molecular formula is C16H23N3O3S. The van der Waals surface area contributed by atoms with Crippen LogP contribution in [0.4, 0.5) is 10.6 Å². The Morgan fingerprint density at radius 2 is 2.04 bits per heavy atom. The van der Waals surface area contributed by atoms with Crippen molar-refractivity contribution in [2.45, 2.75) is 57.6 Å². The van der Waals surface area contributed by atoms with Crippen LogP contribution in [0.1, 0.15) is 41.5 Å². The van der Waals surface area contributed by atoms with Crippen LogP contribution in [0.2, 0.25) is 0 Å². The first kappa shape index (κ1) is 19.1. The van der Waals surface area contributed by atoms with E-state index in [4.69, 9.17) is 14.7 Å². The molecule has 1 aromatic heterocycles. The standard InChI is InChI=1S/C16H23N3O3S/c1-7-23-12-8-11(21-16(5,6)10-17)9-18-13(12)19-14(20)22-15(2,3)4/h8-9H,7H2,1-6H3,(H,18,19,20). The van der Waals surface area contributed by atoms with Gasteiger partial charge in [0.25, 0.3) is 0 Å². The number of hydrogen-bond acceptors (Lipinski definition) is 6. The molecule has 0 atom stereocenters. The number of nitrogens with zero attached hydrogens (tertiary/aromatic N) is 2. The van der Waals surface area contributed by atoms with Gasteiger partial charge in [-0.05, 0) is 46.4 Å². The van der Waals surface area contributed by atoms with Gasteiger partial charge >= 0.3 is 6.09 Å². The summed E-state index contributed by atoms with van der Waals surface area (Å²) in [5, 5.41) is 11.7. The van der Waals surface area contributed by atoms with Gasteiger partial charge in [0.2, 0.25) is 0 Å². The van der Waals surface area contributed by atoms with Gasteiger partial charge in [0.05, 0.1) is 11.1 Å². The predicted octanol–water partition coefficient (Wildman–Crippen LogP) is 4.22. The number of rotatable bonds is 5. The van der Waals surface area contributed by atoms with Crippen LogP contribution >= 0.6 is 11.8 Å². The largest absolute Gasteiger partial charge is 0.471 e. The first-order chi connectivity index (χ1) is 10.6. The van der Waals surface area contributed by atoms with E-state index in [9.17, 15) is 4.79 Å². The summed E-state index contributed by atoms with van der Waals surface area (Å²) in [6.07, 6.45) is 0.917. The number of nitriles is 1. The maximum Gasteiger partial charge on any atom is 0.413 e. The molecule has 1 aromatic rings. The fourth-order valence-corrected chi connectivity index (χ4v) is 2.31. The maximum absolute atomic E-state index is 11.9. The molecule has 0 spiro atoms. The summed E-state index contributed by atoms with van der Waals surface area (Å²) in [7, 11) is 0. The number of carbonyl (C=O) groups excluding carboxylic acids is 1. The van der Waals surface area contributed by atoms with Gasteiger partial charge < -0.3 is 9.47 Å². The summed E-state index contributed by atoms with van der Waals surface area (Å²) in [5.41, 5.74) is -1.53. The molecule has 6 nitrogen and oxygen atoms in total. The van der Waals surface area contributed by atoms with E-state index in [1.807, 2.05) is 6.92 Å². The Morgan fingerprint density at radius 3 is 2.57 bits per heavy atom. The van der Waals surface area contributed by atoms with Crippen molar-refractivity contribution in [1.82, 2.24) is 4.98 Å². The first-order valence-electron chi connectivity index (χ1n) is 7.29. The number of thioether (sulfide) groups is 1. The van der Waals surface area contributed by atoms with Crippen molar-refractivity contribution in [3.8, 4) is 11.8 Å². The normalized spacial score (nSPS) is 11.5. The summed E-state index contributed by atoms with van der Waals surface area (Å²) in [4.78, 5) is 16.9. The third kappa shape index (κ3) is 6.78. The lowest BCUT2D eigenvalue weighted by Crippen LogP contribution is -2.28. The van der Waals surface area contributed by atoms with Gasteiger partial charge in [-0.25, -0.2) is 9.78 Å². The average Bonchev–Trinajstić information content (AvgIpc) is 2.39. The summed E-state index contributed by atoms with van der Waals surface area (Å²) >= 11 is 1.51. The van der Waals surface area contributed by atoms with Gasteiger partial charge in [-0.15, -0.1) is 11.8 Å². The fourth-order valence-electron chi connectivity index (χ4n) is 1.56. The van der Waals surface area contributed by atoms with E-state index < -0.39 is 17.3 Å². The van der Waals surface area contributed by atoms with Crippen LogP contribution in [0.15, 0.2) is 17.2 Å². The number of pyridine rings is 1. The molecule has 0 aliphatic heterocycles. The monoisotopic (exact) mass is 337 g/mol. The van der Waals surface area contributed by atoms with Crippen LogP contribution in [0.5, 0.6) is 5.75 Å². The second kappa shape index (κ2) is 7.55. The van der Waals surface area contributed by atoms with Crippen LogP contribution < -0.4 is 10.1 Å². The topological polar surface area (TPSA) is 84.2 Å². The molecular weight excluding hydrogens is 314 g/mol. The molecule has 0 saturated heterocycles. The van der Waals surface area contributed by atoms with Crippen molar-refractivity contribution >= 4 is 23.7 Å². The molecule has 0 fully saturated rings. The van der Waals surface area contributed by atoms with E-state index in [0.717, 1.165) is 10.6 Å². The molecule has 0 aromatic carbocycles. The summed E-state index contributed by atoms with van der Waals surface area (Å²) in [6.45, 7) is 10.7. The number of amides is 1. The van der Waals surface area contributed by atoms with Crippen molar-refractivity contribution in [1.29, 1.82) is 5.26 Å². The highest BCUT2D eigenvalue weighted by Gasteiger charge is 2.21. The lowest BCUT2D eigenvalue weighted by molar-refractivity contribution is 0.0634. The number of nitrogens with one attached hydrogen (secondary N) is 1. The molecule has 0 unspecified atom stereocenters. The molecule has 0 aliphatic rings. The highest BCUT2D eigenvalue weighted by molar-refractivity contribution is 7.99. The summed E-state index contributed by atoms with van der Waals surface area (Å²) < 4.78 is 10.8. The third-order valence-electron chi connectivity index (χ3n) is 2.39. The Kier molecular flexibility index (Phi) is 6.28. The minimum absolute atomic E-state index is 0.410. The van der Waals surface area contributed by atoms with Crippen molar-refractivity contribution in [3.63, 3.8) is 0 Å². The summed E-state index contributed by atoms with van der Waals surface area (Å²) in [5.74, 6) is 1.69. The number of anilines is 1. The smallest absolute Gasteiger partial charge is 0.413 e. The molecule has 0 saturated carbocycles. The quantitative estimate of drug-likeness (QED) is 0.810. The van der Waals surface area contributed by atoms with Gasteiger partial charge in [-0.1, -0.05) is 6.92 Å². The molecule has 0 radical (unpaired) electrons. The molecule has 0 aliphatic carbocycles. The summed E-state index contributed by atoms with van der Waals surface area (Å²) in [6, 6.07) is 3.82. The van der Waals surface area contributed by atoms with Crippen LogP contribution in [0.25, 0.3) is 0 Å². The number of ether oxygens (including phenoxy) is 2.